The quantitative estimate of drug-likeness (QED) is 0.835. The first-order valence-electron chi connectivity index (χ1n) is 9.70. The summed E-state index contributed by atoms with van der Waals surface area (Å²) >= 11 is 5.96. The van der Waals surface area contributed by atoms with Crippen LogP contribution in [0.1, 0.15) is 56.9 Å². The van der Waals surface area contributed by atoms with Gasteiger partial charge in [-0.1, -0.05) is 48.2 Å². The van der Waals surface area contributed by atoms with Gasteiger partial charge in [0.05, 0.1) is 5.71 Å². The number of amides is 2. The first kappa shape index (κ1) is 17.7. The average Bonchev–Trinajstić information content (AvgIpc) is 3.07. The molecule has 0 aromatic heterocycles. The van der Waals surface area contributed by atoms with Crippen LogP contribution in [-0.4, -0.2) is 41.4 Å². The van der Waals surface area contributed by atoms with Crippen molar-refractivity contribution >= 4 is 23.3 Å². The fourth-order valence-corrected chi connectivity index (χ4v) is 4.34. The van der Waals surface area contributed by atoms with E-state index in [4.69, 9.17) is 16.4 Å². The maximum absolute atomic E-state index is 12.5. The molecule has 0 radical (unpaired) electrons. The van der Waals surface area contributed by atoms with Crippen LogP contribution in [0.5, 0.6) is 0 Å². The van der Waals surface area contributed by atoms with Crippen LogP contribution in [0.25, 0.3) is 0 Å². The number of carbonyl (C=O) groups excluding carboxylic acids is 1. The number of nitrogens with zero attached hydrogens (tertiary/aromatic N) is 2. The van der Waals surface area contributed by atoms with E-state index < -0.39 is 0 Å². The predicted octanol–water partition coefficient (Wildman–Crippen LogP) is 4.34. The number of hydrogen-bond donors (Lipinski definition) is 1. The van der Waals surface area contributed by atoms with Gasteiger partial charge in [0.2, 0.25) is 0 Å². The number of likely N-dealkylation sites (tertiary alicyclic amines) is 1. The fourth-order valence-electron chi connectivity index (χ4n) is 4.22. The zero-order valence-electron chi connectivity index (χ0n) is 15.0. The second kappa shape index (κ2) is 7.47. The molecule has 2 heterocycles. The molecule has 1 saturated carbocycles. The molecular weight excluding hydrogens is 350 g/mol. The Morgan fingerprint density at radius 2 is 1.85 bits per heavy atom. The van der Waals surface area contributed by atoms with Gasteiger partial charge in [-0.2, -0.15) is 0 Å². The zero-order chi connectivity index (χ0) is 18.0. The Kier molecular flexibility index (Phi) is 5.07. The number of piperidine rings is 1. The minimum Gasteiger partial charge on any atom is -0.388 e. The highest BCUT2D eigenvalue weighted by Gasteiger charge is 2.43. The molecular formula is C20H26ClN3O2. The molecule has 140 valence electrons. The van der Waals surface area contributed by atoms with Crippen LogP contribution in [-0.2, 0) is 4.84 Å². The lowest BCUT2D eigenvalue weighted by atomic mass is 9.85. The smallest absolute Gasteiger partial charge is 0.317 e. The Bertz CT molecular complexity index is 675. The topological polar surface area (TPSA) is 53.9 Å². The molecule has 6 heteroatoms. The molecule has 2 amide bonds. The number of oxime groups is 1. The van der Waals surface area contributed by atoms with E-state index in [1.54, 1.807) is 0 Å². The summed E-state index contributed by atoms with van der Waals surface area (Å²) in [6.45, 7) is 1.45. The number of rotatable bonds is 2. The van der Waals surface area contributed by atoms with Crippen molar-refractivity contribution in [2.45, 2.75) is 63.0 Å². The Hall–Kier alpha value is -1.75. The van der Waals surface area contributed by atoms with Gasteiger partial charge in [0.1, 0.15) is 5.60 Å². The highest BCUT2D eigenvalue weighted by molar-refractivity contribution is 6.30. The third-order valence-corrected chi connectivity index (χ3v) is 6.16. The minimum atomic E-state index is -0.253. The molecule has 0 bridgehead atoms. The SMILES string of the molecule is O=C(NC1CCCCC1)N1CCC2(CC1)CC(c1ccc(Cl)cc1)=NO2. The maximum Gasteiger partial charge on any atom is 0.317 e. The zero-order valence-corrected chi connectivity index (χ0v) is 15.8. The van der Waals surface area contributed by atoms with Crippen molar-refractivity contribution < 1.29 is 9.63 Å². The fraction of sp³-hybridized carbons (Fsp3) is 0.600. The molecule has 1 aromatic rings. The molecule has 1 aromatic carbocycles. The lowest BCUT2D eigenvalue weighted by Gasteiger charge is -2.38. The van der Waals surface area contributed by atoms with E-state index in [2.05, 4.69) is 10.5 Å². The molecule has 1 N–H and O–H groups in total. The van der Waals surface area contributed by atoms with Crippen LogP contribution in [0.4, 0.5) is 4.79 Å². The number of nitrogens with one attached hydrogen (secondary N) is 1. The second-order valence-corrected chi connectivity index (χ2v) is 8.20. The van der Waals surface area contributed by atoms with Crippen LogP contribution in [0, 0.1) is 0 Å². The number of hydrogen-bond acceptors (Lipinski definition) is 3. The molecule has 2 aliphatic heterocycles. The van der Waals surface area contributed by atoms with Gasteiger partial charge in [-0.3, -0.25) is 0 Å². The number of urea groups is 1. The van der Waals surface area contributed by atoms with E-state index in [0.717, 1.165) is 61.5 Å². The van der Waals surface area contributed by atoms with Crippen LogP contribution in [0.3, 0.4) is 0 Å². The van der Waals surface area contributed by atoms with Gasteiger partial charge < -0.3 is 15.1 Å². The Morgan fingerprint density at radius 3 is 2.54 bits per heavy atom. The average molecular weight is 376 g/mol. The summed E-state index contributed by atoms with van der Waals surface area (Å²) in [6.07, 6.45) is 8.44. The molecule has 4 rings (SSSR count). The highest BCUT2D eigenvalue weighted by Crippen LogP contribution is 2.36. The van der Waals surface area contributed by atoms with Crippen molar-refractivity contribution in [3.8, 4) is 0 Å². The summed E-state index contributed by atoms with van der Waals surface area (Å²) in [6, 6.07) is 8.16. The number of halogens is 1. The van der Waals surface area contributed by atoms with Crippen molar-refractivity contribution in [3.05, 3.63) is 34.9 Å². The van der Waals surface area contributed by atoms with Crippen LogP contribution in [0.15, 0.2) is 29.4 Å². The summed E-state index contributed by atoms with van der Waals surface area (Å²) in [5, 5.41) is 8.27. The van der Waals surface area contributed by atoms with Gasteiger partial charge in [0.15, 0.2) is 0 Å². The standard InChI is InChI=1S/C20H26ClN3O2/c21-16-8-6-15(7-9-16)18-14-20(26-23-18)10-12-24(13-11-20)19(25)22-17-4-2-1-3-5-17/h6-9,17H,1-5,10-14H2,(H,22,25). The van der Waals surface area contributed by atoms with Crippen molar-refractivity contribution in [3.63, 3.8) is 0 Å². The Morgan fingerprint density at radius 1 is 1.15 bits per heavy atom. The summed E-state index contributed by atoms with van der Waals surface area (Å²) in [5.74, 6) is 0. The monoisotopic (exact) mass is 375 g/mol. The molecule has 2 fully saturated rings. The van der Waals surface area contributed by atoms with Gasteiger partial charge in [-0.05, 0) is 30.5 Å². The van der Waals surface area contributed by atoms with Gasteiger partial charge in [0.25, 0.3) is 0 Å². The molecule has 0 atom stereocenters. The van der Waals surface area contributed by atoms with E-state index in [0.29, 0.717) is 6.04 Å². The first-order chi connectivity index (χ1) is 12.6. The molecule has 0 unspecified atom stereocenters. The van der Waals surface area contributed by atoms with Crippen molar-refractivity contribution in [2.75, 3.05) is 13.1 Å². The molecule has 1 aliphatic carbocycles. The first-order valence-corrected chi connectivity index (χ1v) is 10.1. The number of benzene rings is 1. The van der Waals surface area contributed by atoms with E-state index >= 15 is 0 Å². The molecule has 1 saturated heterocycles. The lowest BCUT2D eigenvalue weighted by molar-refractivity contribution is -0.0551. The van der Waals surface area contributed by atoms with Crippen molar-refractivity contribution in [1.29, 1.82) is 0 Å². The molecule has 5 nitrogen and oxygen atoms in total. The molecule has 3 aliphatic rings. The van der Waals surface area contributed by atoms with Crippen LogP contribution in [0.2, 0.25) is 5.02 Å². The van der Waals surface area contributed by atoms with Gasteiger partial charge >= 0.3 is 6.03 Å². The summed E-state index contributed by atoms with van der Waals surface area (Å²) in [5.41, 5.74) is 1.78. The van der Waals surface area contributed by atoms with Gasteiger partial charge in [0, 0.05) is 43.4 Å². The highest BCUT2D eigenvalue weighted by atomic mass is 35.5. The minimum absolute atomic E-state index is 0.0867. The van der Waals surface area contributed by atoms with Crippen LogP contribution < -0.4 is 5.32 Å². The Balaban J connectivity index is 1.29. The predicted molar refractivity (Wildman–Crippen MR) is 103 cm³/mol. The van der Waals surface area contributed by atoms with E-state index in [9.17, 15) is 4.79 Å². The van der Waals surface area contributed by atoms with E-state index in [1.165, 1.54) is 19.3 Å². The molecule has 1 spiro atoms. The summed E-state index contributed by atoms with van der Waals surface area (Å²) in [4.78, 5) is 20.3. The lowest BCUT2D eigenvalue weighted by Crippen LogP contribution is -2.52. The van der Waals surface area contributed by atoms with Crippen LogP contribution >= 0.6 is 11.6 Å². The normalized spacial score (nSPS) is 22.8. The third-order valence-electron chi connectivity index (χ3n) is 5.91. The largest absolute Gasteiger partial charge is 0.388 e. The van der Waals surface area contributed by atoms with E-state index in [1.807, 2.05) is 29.2 Å². The summed E-state index contributed by atoms with van der Waals surface area (Å²) < 4.78 is 0. The maximum atomic E-state index is 12.5. The van der Waals surface area contributed by atoms with Crippen molar-refractivity contribution in [1.82, 2.24) is 10.2 Å². The molecule has 26 heavy (non-hydrogen) atoms. The van der Waals surface area contributed by atoms with Crippen molar-refractivity contribution in [2.24, 2.45) is 5.16 Å². The van der Waals surface area contributed by atoms with Gasteiger partial charge in [-0.15, -0.1) is 0 Å². The van der Waals surface area contributed by atoms with Gasteiger partial charge in [-0.25, -0.2) is 4.79 Å². The second-order valence-electron chi connectivity index (χ2n) is 7.77. The summed E-state index contributed by atoms with van der Waals surface area (Å²) in [7, 11) is 0. The Labute approximate surface area is 159 Å². The number of carbonyl (C=O) groups is 1. The van der Waals surface area contributed by atoms with E-state index in [-0.39, 0.29) is 11.6 Å². The third kappa shape index (κ3) is 3.83.